The number of carbonyl (C=O) groups is 1. The minimum Gasteiger partial charge on any atom is -0.340 e. The van der Waals surface area contributed by atoms with Crippen LogP contribution in [0.4, 0.5) is 0 Å². The fraction of sp³-hybridized carbons (Fsp3) is 0.842. The molecule has 1 amide bonds. The van der Waals surface area contributed by atoms with Gasteiger partial charge in [-0.2, -0.15) is 0 Å². The van der Waals surface area contributed by atoms with Gasteiger partial charge in [0.25, 0.3) is 0 Å². The Bertz CT molecular complexity index is 619. The van der Waals surface area contributed by atoms with Gasteiger partial charge >= 0.3 is 0 Å². The Kier molecular flexibility index (Phi) is 3.92. The number of aromatic nitrogens is 3. The van der Waals surface area contributed by atoms with Crippen molar-refractivity contribution >= 4 is 5.91 Å². The predicted molar refractivity (Wildman–Crippen MR) is 92.5 cm³/mol. The fourth-order valence-electron chi connectivity index (χ4n) is 4.99. The summed E-state index contributed by atoms with van der Waals surface area (Å²) in [6, 6.07) is 0.308. The third-order valence-electron chi connectivity index (χ3n) is 6.11. The monoisotopic (exact) mass is 330 g/mol. The Labute approximate surface area is 144 Å². The van der Waals surface area contributed by atoms with Gasteiger partial charge in [0.15, 0.2) is 0 Å². The molecule has 4 rings (SSSR count). The molecule has 0 bridgehead atoms. The molecule has 132 valence electrons. The standard InChI is InChI=1S/C19H30N4O/c1-13-8-15(10-19(2,3)9-13)18(24)22-7-6-16(11-22)23-12-17(20-21-23)14-4-5-14/h12-16H,4-11H2,1-3H3. The van der Waals surface area contributed by atoms with Gasteiger partial charge in [-0.3, -0.25) is 4.79 Å². The molecule has 3 unspecified atom stereocenters. The van der Waals surface area contributed by atoms with Gasteiger partial charge in [-0.25, -0.2) is 4.68 Å². The Morgan fingerprint density at radius 1 is 1.25 bits per heavy atom. The highest BCUT2D eigenvalue weighted by molar-refractivity contribution is 5.79. The molecule has 0 spiro atoms. The lowest BCUT2D eigenvalue weighted by molar-refractivity contribution is -0.137. The van der Waals surface area contributed by atoms with Gasteiger partial charge in [-0.05, 0) is 49.9 Å². The second kappa shape index (κ2) is 5.85. The number of likely N-dealkylation sites (tertiary alicyclic amines) is 1. The van der Waals surface area contributed by atoms with Crippen molar-refractivity contribution in [3.8, 4) is 0 Å². The second-order valence-corrected chi connectivity index (χ2v) is 9.23. The molecule has 0 radical (unpaired) electrons. The van der Waals surface area contributed by atoms with Gasteiger partial charge in [0, 0.05) is 31.1 Å². The summed E-state index contributed by atoms with van der Waals surface area (Å²) in [4.78, 5) is 15.1. The van der Waals surface area contributed by atoms with Gasteiger partial charge in [0.05, 0.1) is 11.7 Å². The van der Waals surface area contributed by atoms with Crippen molar-refractivity contribution in [3.05, 3.63) is 11.9 Å². The molecule has 3 fully saturated rings. The average Bonchev–Trinajstić information content (AvgIpc) is 3.05. The Morgan fingerprint density at radius 3 is 2.75 bits per heavy atom. The summed E-state index contributed by atoms with van der Waals surface area (Å²) < 4.78 is 2.01. The molecule has 0 N–H and O–H groups in total. The van der Waals surface area contributed by atoms with E-state index in [0.717, 1.165) is 38.0 Å². The fourth-order valence-corrected chi connectivity index (χ4v) is 4.99. The SMILES string of the molecule is CC1CC(C(=O)N2CCC(n3cc(C4CC4)nn3)C2)CC(C)(C)C1. The first-order chi connectivity index (χ1) is 11.4. The molecular weight excluding hydrogens is 300 g/mol. The number of amides is 1. The van der Waals surface area contributed by atoms with E-state index >= 15 is 0 Å². The maximum Gasteiger partial charge on any atom is 0.225 e. The highest BCUT2D eigenvalue weighted by Gasteiger charge is 2.39. The van der Waals surface area contributed by atoms with Gasteiger partial charge in [-0.15, -0.1) is 5.10 Å². The molecule has 24 heavy (non-hydrogen) atoms. The van der Waals surface area contributed by atoms with E-state index in [4.69, 9.17) is 0 Å². The molecule has 5 heteroatoms. The van der Waals surface area contributed by atoms with E-state index in [2.05, 4.69) is 42.2 Å². The molecule has 3 atom stereocenters. The summed E-state index contributed by atoms with van der Waals surface area (Å²) in [5.41, 5.74) is 1.44. The largest absolute Gasteiger partial charge is 0.340 e. The van der Waals surface area contributed by atoms with Crippen LogP contribution in [0.15, 0.2) is 6.20 Å². The van der Waals surface area contributed by atoms with Gasteiger partial charge in [-0.1, -0.05) is 26.0 Å². The lowest BCUT2D eigenvalue weighted by Gasteiger charge is -2.39. The summed E-state index contributed by atoms with van der Waals surface area (Å²) in [6.45, 7) is 8.59. The maximum absolute atomic E-state index is 13.0. The summed E-state index contributed by atoms with van der Waals surface area (Å²) in [5.74, 6) is 1.88. The molecular formula is C19H30N4O. The molecule has 2 heterocycles. The second-order valence-electron chi connectivity index (χ2n) is 9.23. The number of hydrogen-bond donors (Lipinski definition) is 0. The maximum atomic E-state index is 13.0. The third kappa shape index (κ3) is 3.22. The average molecular weight is 330 g/mol. The van der Waals surface area contributed by atoms with Crippen molar-refractivity contribution in [3.63, 3.8) is 0 Å². The summed E-state index contributed by atoms with van der Waals surface area (Å²) in [7, 11) is 0. The van der Waals surface area contributed by atoms with Crippen LogP contribution in [0.2, 0.25) is 0 Å². The van der Waals surface area contributed by atoms with Gasteiger partial charge < -0.3 is 4.90 Å². The van der Waals surface area contributed by atoms with Crippen molar-refractivity contribution in [2.45, 2.75) is 71.3 Å². The highest BCUT2D eigenvalue weighted by Crippen LogP contribution is 2.43. The molecule has 3 aliphatic rings. The lowest BCUT2D eigenvalue weighted by Crippen LogP contribution is -2.40. The zero-order chi connectivity index (χ0) is 16.9. The molecule has 1 aromatic heterocycles. The minimum atomic E-state index is 0.209. The van der Waals surface area contributed by atoms with E-state index in [1.165, 1.54) is 19.3 Å². The summed E-state index contributed by atoms with van der Waals surface area (Å²) in [6.07, 6.45) is 8.95. The quantitative estimate of drug-likeness (QED) is 0.853. The molecule has 5 nitrogen and oxygen atoms in total. The van der Waals surface area contributed by atoms with Crippen molar-refractivity contribution in [1.29, 1.82) is 0 Å². The van der Waals surface area contributed by atoms with Crippen molar-refractivity contribution in [1.82, 2.24) is 19.9 Å². The van der Waals surface area contributed by atoms with Crippen LogP contribution < -0.4 is 0 Å². The molecule has 0 aromatic carbocycles. The number of hydrogen-bond acceptors (Lipinski definition) is 3. The van der Waals surface area contributed by atoms with Crippen LogP contribution in [0.5, 0.6) is 0 Å². The number of rotatable bonds is 3. The molecule has 1 aromatic rings. The zero-order valence-electron chi connectivity index (χ0n) is 15.2. The van der Waals surface area contributed by atoms with Crippen LogP contribution in [0, 0.1) is 17.3 Å². The molecule has 2 aliphatic carbocycles. The van der Waals surface area contributed by atoms with E-state index in [-0.39, 0.29) is 5.92 Å². The topological polar surface area (TPSA) is 51.0 Å². The van der Waals surface area contributed by atoms with Gasteiger partial charge in [0.2, 0.25) is 5.91 Å². The van der Waals surface area contributed by atoms with Gasteiger partial charge in [0.1, 0.15) is 0 Å². The van der Waals surface area contributed by atoms with Crippen molar-refractivity contribution < 1.29 is 4.79 Å². The van der Waals surface area contributed by atoms with Crippen LogP contribution >= 0.6 is 0 Å². The van der Waals surface area contributed by atoms with Crippen LogP contribution in [0.25, 0.3) is 0 Å². The van der Waals surface area contributed by atoms with Crippen LogP contribution in [-0.4, -0.2) is 38.9 Å². The molecule has 1 saturated heterocycles. The van der Waals surface area contributed by atoms with Crippen LogP contribution in [-0.2, 0) is 4.79 Å². The Morgan fingerprint density at radius 2 is 2.04 bits per heavy atom. The predicted octanol–water partition coefficient (Wildman–Crippen LogP) is 3.39. The van der Waals surface area contributed by atoms with Crippen molar-refractivity contribution in [2.75, 3.05) is 13.1 Å². The zero-order valence-corrected chi connectivity index (χ0v) is 15.2. The Balaban J connectivity index is 1.39. The van der Waals surface area contributed by atoms with E-state index < -0.39 is 0 Å². The van der Waals surface area contributed by atoms with E-state index in [0.29, 0.717) is 29.2 Å². The molecule has 2 saturated carbocycles. The highest BCUT2D eigenvalue weighted by atomic mass is 16.2. The molecule has 1 aliphatic heterocycles. The smallest absolute Gasteiger partial charge is 0.225 e. The third-order valence-corrected chi connectivity index (χ3v) is 6.11. The lowest BCUT2D eigenvalue weighted by atomic mass is 9.67. The summed E-state index contributed by atoms with van der Waals surface area (Å²) in [5, 5.41) is 8.65. The van der Waals surface area contributed by atoms with Crippen molar-refractivity contribution in [2.24, 2.45) is 17.3 Å². The Hall–Kier alpha value is -1.39. The first-order valence-electron chi connectivity index (χ1n) is 9.62. The van der Waals surface area contributed by atoms with Crippen LogP contribution in [0.3, 0.4) is 0 Å². The van der Waals surface area contributed by atoms with Crippen LogP contribution in [0.1, 0.15) is 76.9 Å². The van der Waals surface area contributed by atoms with E-state index in [1.54, 1.807) is 0 Å². The first-order valence-corrected chi connectivity index (χ1v) is 9.62. The first kappa shape index (κ1) is 16.1. The number of nitrogens with zero attached hydrogens (tertiary/aromatic N) is 4. The van der Waals surface area contributed by atoms with E-state index in [9.17, 15) is 4.79 Å². The van der Waals surface area contributed by atoms with E-state index in [1.807, 2.05) is 4.68 Å². The normalized spacial score (nSPS) is 33.0. The minimum absolute atomic E-state index is 0.209. The number of carbonyl (C=O) groups excluding carboxylic acids is 1. The summed E-state index contributed by atoms with van der Waals surface area (Å²) >= 11 is 0.